The standard InChI is InChI=1S/C15H28N2O2/c1-3-7-17-10-13(8-12-5-6-12)9-14(11-17)16-15(18)19-4-2/h12-14H,3-11H2,1-2H3,(H,16,18). The van der Waals surface area contributed by atoms with Gasteiger partial charge in [-0.25, -0.2) is 4.79 Å². The highest BCUT2D eigenvalue weighted by Crippen LogP contribution is 2.37. The summed E-state index contributed by atoms with van der Waals surface area (Å²) in [7, 11) is 0. The van der Waals surface area contributed by atoms with E-state index in [1.165, 1.54) is 32.2 Å². The maximum atomic E-state index is 11.6. The van der Waals surface area contributed by atoms with Crippen LogP contribution in [-0.2, 0) is 4.74 Å². The summed E-state index contributed by atoms with van der Waals surface area (Å²) >= 11 is 0. The van der Waals surface area contributed by atoms with Crippen LogP contribution in [0.1, 0.15) is 46.0 Å². The van der Waals surface area contributed by atoms with Gasteiger partial charge in [-0.1, -0.05) is 19.8 Å². The van der Waals surface area contributed by atoms with Crippen molar-refractivity contribution in [1.82, 2.24) is 10.2 Å². The number of carbonyl (C=O) groups is 1. The average molecular weight is 268 g/mol. The highest BCUT2D eigenvalue weighted by molar-refractivity contribution is 5.67. The molecule has 0 bridgehead atoms. The number of hydrogen-bond acceptors (Lipinski definition) is 3. The molecule has 2 unspecified atom stereocenters. The van der Waals surface area contributed by atoms with Crippen LogP contribution in [0.15, 0.2) is 0 Å². The largest absolute Gasteiger partial charge is 0.450 e. The molecule has 4 heteroatoms. The van der Waals surface area contributed by atoms with Crippen LogP contribution in [0.5, 0.6) is 0 Å². The maximum absolute atomic E-state index is 11.6. The first-order chi connectivity index (χ1) is 9.21. The molecule has 0 spiro atoms. The number of rotatable bonds is 6. The number of hydrogen-bond donors (Lipinski definition) is 1. The van der Waals surface area contributed by atoms with Crippen molar-refractivity contribution in [3.63, 3.8) is 0 Å². The molecule has 1 aliphatic heterocycles. The highest BCUT2D eigenvalue weighted by atomic mass is 16.5. The van der Waals surface area contributed by atoms with Crippen molar-refractivity contribution in [2.24, 2.45) is 11.8 Å². The molecule has 1 aliphatic carbocycles. The predicted molar refractivity (Wildman–Crippen MR) is 76.1 cm³/mol. The van der Waals surface area contributed by atoms with Gasteiger partial charge in [0.25, 0.3) is 0 Å². The summed E-state index contributed by atoms with van der Waals surface area (Å²) < 4.78 is 5.00. The molecule has 4 nitrogen and oxygen atoms in total. The minimum absolute atomic E-state index is 0.254. The Balaban J connectivity index is 1.83. The Morgan fingerprint density at radius 1 is 1.26 bits per heavy atom. The summed E-state index contributed by atoms with van der Waals surface area (Å²) in [4.78, 5) is 14.1. The van der Waals surface area contributed by atoms with Gasteiger partial charge in [0, 0.05) is 19.1 Å². The first kappa shape index (κ1) is 14.6. The van der Waals surface area contributed by atoms with Crippen molar-refractivity contribution < 1.29 is 9.53 Å². The lowest BCUT2D eigenvalue weighted by Crippen LogP contribution is -2.51. The number of nitrogens with zero attached hydrogens (tertiary/aromatic N) is 1. The van der Waals surface area contributed by atoms with Crippen LogP contribution in [0.25, 0.3) is 0 Å². The number of nitrogens with one attached hydrogen (secondary N) is 1. The van der Waals surface area contributed by atoms with Gasteiger partial charge in [0.1, 0.15) is 0 Å². The molecule has 0 aromatic heterocycles. The second kappa shape index (κ2) is 7.13. The topological polar surface area (TPSA) is 41.6 Å². The van der Waals surface area contributed by atoms with Crippen molar-refractivity contribution in [2.75, 3.05) is 26.2 Å². The second-order valence-corrected chi connectivity index (χ2v) is 6.10. The van der Waals surface area contributed by atoms with Gasteiger partial charge in [-0.3, -0.25) is 0 Å². The minimum Gasteiger partial charge on any atom is -0.450 e. The van der Waals surface area contributed by atoms with Crippen LogP contribution in [0.4, 0.5) is 4.79 Å². The van der Waals surface area contributed by atoms with Gasteiger partial charge in [-0.05, 0) is 44.6 Å². The molecule has 2 fully saturated rings. The molecule has 2 atom stereocenters. The number of alkyl carbamates (subject to hydrolysis) is 1. The molecule has 0 radical (unpaired) electrons. The van der Waals surface area contributed by atoms with Crippen LogP contribution in [0.2, 0.25) is 0 Å². The van der Waals surface area contributed by atoms with E-state index in [1.807, 2.05) is 6.92 Å². The Bertz CT molecular complexity index is 292. The van der Waals surface area contributed by atoms with Gasteiger partial charge < -0.3 is 15.0 Å². The van der Waals surface area contributed by atoms with Crippen LogP contribution in [-0.4, -0.2) is 43.3 Å². The zero-order chi connectivity index (χ0) is 13.7. The van der Waals surface area contributed by atoms with Crippen molar-refractivity contribution in [3.05, 3.63) is 0 Å². The third kappa shape index (κ3) is 5.01. The van der Waals surface area contributed by atoms with E-state index in [9.17, 15) is 4.79 Å². The van der Waals surface area contributed by atoms with Crippen LogP contribution in [0, 0.1) is 11.8 Å². The van der Waals surface area contributed by atoms with Gasteiger partial charge in [-0.15, -0.1) is 0 Å². The van der Waals surface area contributed by atoms with Crippen LogP contribution >= 0.6 is 0 Å². The normalized spacial score (nSPS) is 28.1. The molecular weight excluding hydrogens is 240 g/mol. The van der Waals surface area contributed by atoms with Gasteiger partial charge in [0.15, 0.2) is 0 Å². The van der Waals surface area contributed by atoms with E-state index in [0.29, 0.717) is 6.61 Å². The smallest absolute Gasteiger partial charge is 0.407 e. The molecule has 0 aromatic carbocycles. The summed E-state index contributed by atoms with van der Waals surface area (Å²) in [6.45, 7) is 7.85. The van der Waals surface area contributed by atoms with Crippen molar-refractivity contribution in [1.29, 1.82) is 0 Å². The quantitative estimate of drug-likeness (QED) is 0.805. The third-order valence-corrected chi connectivity index (χ3v) is 4.11. The Kier molecular flexibility index (Phi) is 5.49. The van der Waals surface area contributed by atoms with Gasteiger partial charge in [-0.2, -0.15) is 0 Å². The van der Waals surface area contributed by atoms with E-state index in [2.05, 4.69) is 17.1 Å². The first-order valence-corrected chi connectivity index (χ1v) is 7.86. The zero-order valence-corrected chi connectivity index (χ0v) is 12.4. The van der Waals surface area contributed by atoms with E-state index in [-0.39, 0.29) is 12.1 Å². The Morgan fingerprint density at radius 2 is 2.05 bits per heavy atom. The highest BCUT2D eigenvalue weighted by Gasteiger charge is 2.32. The summed E-state index contributed by atoms with van der Waals surface area (Å²) in [5.41, 5.74) is 0. The van der Waals surface area contributed by atoms with Crippen molar-refractivity contribution in [2.45, 2.75) is 52.0 Å². The minimum atomic E-state index is -0.254. The van der Waals surface area contributed by atoms with Crippen molar-refractivity contribution >= 4 is 6.09 Å². The van der Waals surface area contributed by atoms with E-state index >= 15 is 0 Å². The second-order valence-electron chi connectivity index (χ2n) is 6.10. The van der Waals surface area contributed by atoms with E-state index in [4.69, 9.17) is 4.74 Å². The fourth-order valence-corrected chi connectivity index (χ4v) is 3.24. The molecule has 1 saturated carbocycles. The molecular formula is C15H28N2O2. The average Bonchev–Trinajstić information content (AvgIpc) is 3.13. The lowest BCUT2D eigenvalue weighted by Gasteiger charge is -2.38. The Labute approximate surface area is 116 Å². The molecule has 19 heavy (non-hydrogen) atoms. The maximum Gasteiger partial charge on any atom is 0.407 e. The fourth-order valence-electron chi connectivity index (χ4n) is 3.24. The van der Waals surface area contributed by atoms with E-state index < -0.39 is 0 Å². The van der Waals surface area contributed by atoms with E-state index in [1.54, 1.807) is 0 Å². The summed E-state index contributed by atoms with van der Waals surface area (Å²) in [5, 5.41) is 3.03. The number of piperidine rings is 1. The summed E-state index contributed by atoms with van der Waals surface area (Å²) in [6, 6.07) is 0.267. The summed E-state index contributed by atoms with van der Waals surface area (Å²) in [6.07, 6.45) is 6.23. The molecule has 1 N–H and O–H groups in total. The Hall–Kier alpha value is -0.770. The molecule has 2 rings (SSSR count). The lowest BCUT2D eigenvalue weighted by atomic mass is 9.89. The van der Waals surface area contributed by atoms with Crippen LogP contribution < -0.4 is 5.32 Å². The first-order valence-electron chi connectivity index (χ1n) is 7.86. The number of amides is 1. The number of ether oxygens (including phenoxy) is 1. The lowest BCUT2D eigenvalue weighted by molar-refractivity contribution is 0.113. The van der Waals surface area contributed by atoms with Gasteiger partial charge in [0.2, 0.25) is 0 Å². The number of likely N-dealkylation sites (tertiary alicyclic amines) is 1. The van der Waals surface area contributed by atoms with Gasteiger partial charge in [0.05, 0.1) is 6.61 Å². The summed E-state index contributed by atoms with van der Waals surface area (Å²) in [5.74, 6) is 1.72. The van der Waals surface area contributed by atoms with Crippen LogP contribution in [0.3, 0.4) is 0 Å². The van der Waals surface area contributed by atoms with Crippen molar-refractivity contribution in [3.8, 4) is 0 Å². The molecule has 110 valence electrons. The molecule has 1 heterocycles. The fraction of sp³-hybridized carbons (Fsp3) is 0.933. The molecule has 0 aromatic rings. The third-order valence-electron chi connectivity index (χ3n) is 4.11. The SMILES string of the molecule is CCCN1CC(CC2CC2)CC(NC(=O)OCC)C1. The predicted octanol–water partition coefficient (Wildman–Crippen LogP) is 2.63. The van der Waals surface area contributed by atoms with E-state index in [0.717, 1.165) is 31.3 Å². The number of carbonyl (C=O) groups excluding carboxylic acids is 1. The Morgan fingerprint density at radius 3 is 2.68 bits per heavy atom. The van der Waals surface area contributed by atoms with Gasteiger partial charge >= 0.3 is 6.09 Å². The molecule has 1 saturated heterocycles. The molecule has 1 amide bonds. The zero-order valence-electron chi connectivity index (χ0n) is 12.4. The molecule has 2 aliphatic rings. The monoisotopic (exact) mass is 268 g/mol.